The summed E-state index contributed by atoms with van der Waals surface area (Å²) in [5.74, 6) is -2.83. The van der Waals surface area contributed by atoms with Crippen molar-refractivity contribution < 1.29 is 38.5 Å². The SMILES string of the molecule is CO/N=C(\C(=O)Nc1nc(/C(=N/OC)C(=O)N[C@@H]2C(=O)N3C(C(=O)O)=C(C[n+]4cccc5c4CCC5)CS[C@H]23)cs1)c1csc(N)n1. The van der Waals surface area contributed by atoms with Crippen LogP contribution in [0.1, 0.15) is 29.1 Å². The number of nitrogens with one attached hydrogen (secondary N) is 2. The first-order valence-electron chi connectivity index (χ1n) is 14.1. The Morgan fingerprint density at radius 2 is 1.83 bits per heavy atom. The number of aryl methyl sites for hydroxylation is 1. The molecule has 3 amide bonds. The number of β-lactam (4-membered cyclic amide) rings is 1. The Morgan fingerprint density at radius 1 is 1.11 bits per heavy atom. The van der Waals surface area contributed by atoms with Gasteiger partial charge in [0.2, 0.25) is 0 Å². The minimum atomic E-state index is -1.20. The molecular weight excluding hydrogens is 671 g/mol. The van der Waals surface area contributed by atoms with E-state index in [0.717, 1.165) is 41.9 Å². The monoisotopic (exact) mass is 698 g/mol. The molecule has 1 saturated heterocycles. The number of amides is 3. The van der Waals surface area contributed by atoms with E-state index in [1.807, 2.05) is 12.3 Å². The van der Waals surface area contributed by atoms with E-state index < -0.39 is 35.1 Å². The number of rotatable bonds is 11. The first kappa shape index (κ1) is 32.1. The van der Waals surface area contributed by atoms with Gasteiger partial charge < -0.3 is 25.8 Å². The van der Waals surface area contributed by atoms with Crippen molar-refractivity contribution in [2.45, 2.75) is 37.2 Å². The second-order valence-corrected chi connectivity index (χ2v) is 13.2. The molecule has 0 unspecified atom stereocenters. The van der Waals surface area contributed by atoms with Crippen molar-refractivity contribution in [2.75, 3.05) is 31.0 Å². The number of pyridine rings is 1. The van der Waals surface area contributed by atoms with Gasteiger partial charge in [-0.1, -0.05) is 10.3 Å². The molecule has 19 heteroatoms. The highest BCUT2D eigenvalue weighted by Crippen LogP contribution is 2.40. The van der Waals surface area contributed by atoms with Gasteiger partial charge in [-0.25, -0.2) is 14.8 Å². The molecule has 3 aromatic rings. The number of anilines is 2. The number of aliphatic carboxylic acids is 1. The second-order valence-electron chi connectivity index (χ2n) is 10.4. The molecule has 5 N–H and O–H groups in total. The molecule has 0 spiro atoms. The minimum Gasteiger partial charge on any atom is -0.477 e. The lowest BCUT2D eigenvalue weighted by Crippen LogP contribution is -2.71. The standard InChI is InChI=1S/C28H27N9O7S3/c1-43-34-18(15-11-46-27(29)30-15)23(39)33-28-31-16(12-47-28)19(35-44-2)22(38)32-20-24(40)37-21(26(41)42)14(10-45-25(20)37)9-36-8-4-6-13-5-3-7-17(13)36/h4,6,8,11-12,20,25H,3,5,7,9-10H2,1-2H3,(H4-,29,30,31,32,33,38,39,41,42)/p+1/b34-18-,35-19-/t20-,25-/m1/s1. The number of fused-ring (bicyclic) bond motifs is 2. The smallest absolute Gasteiger partial charge is 0.352 e. The normalized spacial score (nSPS) is 19.1. The van der Waals surface area contributed by atoms with E-state index in [1.165, 1.54) is 47.5 Å². The van der Waals surface area contributed by atoms with Gasteiger partial charge in [0.05, 0.1) is 0 Å². The molecule has 0 bridgehead atoms. The Bertz CT molecular complexity index is 1870. The van der Waals surface area contributed by atoms with E-state index in [2.05, 4.69) is 41.5 Å². The number of nitrogens with zero attached hydrogens (tertiary/aromatic N) is 6. The molecule has 3 aromatic heterocycles. The Hall–Kier alpha value is -4.88. The molecule has 6 rings (SSSR count). The number of oxime groups is 2. The van der Waals surface area contributed by atoms with Crippen molar-refractivity contribution in [3.8, 4) is 0 Å². The topological polar surface area (TPSA) is 215 Å². The third kappa shape index (κ3) is 6.28. The first-order chi connectivity index (χ1) is 22.7. The van der Waals surface area contributed by atoms with Crippen molar-refractivity contribution in [1.29, 1.82) is 0 Å². The molecule has 244 valence electrons. The van der Waals surface area contributed by atoms with Crippen LogP contribution in [0.5, 0.6) is 0 Å². The zero-order chi connectivity index (χ0) is 33.2. The summed E-state index contributed by atoms with van der Waals surface area (Å²) in [4.78, 5) is 71.3. The average molecular weight is 699 g/mol. The van der Waals surface area contributed by atoms with Crippen molar-refractivity contribution in [3.05, 3.63) is 63.0 Å². The Balaban J connectivity index is 1.15. The molecule has 1 aliphatic carbocycles. The number of aromatic nitrogens is 3. The van der Waals surface area contributed by atoms with E-state index in [9.17, 15) is 24.3 Å². The van der Waals surface area contributed by atoms with Crippen LogP contribution in [0.3, 0.4) is 0 Å². The van der Waals surface area contributed by atoms with Crippen molar-refractivity contribution >= 4 is 79.8 Å². The zero-order valence-corrected chi connectivity index (χ0v) is 27.4. The van der Waals surface area contributed by atoms with E-state index in [0.29, 0.717) is 17.9 Å². The summed E-state index contributed by atoms with van der Waals surface area (Å²) >= 11 is 3.51. The summed E-state index contributed by atoms with van der Waals surface area (Å²) in [5.41, 5.74) is 8.56. The second kappa shape index (κ2) is 13.5. The number of carbonyl (C=O) groups excluding carboxylic acids is 3. The van der Waals surface area contributed by atoms with Crippen LogP contribution in [0.15, 0.2) is 50.7 Å². The highest BCUT2D eigenvalue weighted by Gasteiger charge is 2.55. The number of carboxylic acid groups (broad SMARTS) is 1. The maximum atomic E-state index is 13.4. The predicted octanol–water partition coefficient (Wildman–Crippen LogP) is 0.737. The number of thioether (sulfide) groups is 1. The minimum absolute atomic E-state index is 0.0604. The van der Waals surface area contributed by atoms with Crippen LogP contribution < -0.4 is 20.9 Å². The zero-order valence-electron chi connectivity index (χ0n) is 25.0. The van der Waals surface area contributed by atoms with E-state index in [1.54, 1.807) is 5.38 Å². The van der Waals surface area contributed by atoms with Crippen molar-refractivity contribution in [1.82, 2.24) is 20.2 Å². The lowest BCUT2D eigenvalue weighted by molar-refractivity contribution is -0.696. The molecule has 0 saturated carbocycles. The van der Waals surface area contributed by atoms with Gasteiger partial charge in [0, 0.05) is 40.1 Å². The number of carbonyl (C=O) groups is 4. The van der Waals surface area contributed by atoms with Crippen LogP contribution in [0.4, 0.5) is 10.3 Å². The van der Waals surface area contributed by atoms with Crippen LogP contribution in [0.25, 0.3) is 0 Å². The number of nitrogen functional groups attached to an aromatic ring is 1. The van der Waals surface area contributed by atoms with Crippen LogP contribution in [-0.4, -0.2) is 86.5 Å². The Kier molecular flexibility index (Phi) is 9.19. The van der Waals surface area contributed by atoms with Gasteiger partial charge in [-0.2, -0.15) is 4.57 Å². The number of hydrogen-bond acceptors (Lipinski definition) is 14. The van der Waals surface area contributed by atoms with E-state index >= 15 is 0 Å². The van der Waals surface area contributed by atoms with Crippen LogP contribution >= 0.6 is 34.4 Å². The third-order valence-electron chi connectivity index (χ3n) is 7.57. The fourth-order valence-corrected chi connectivity index (χ4v) is 8.14. The summed E-state index contributed by atoms with van der Waals surface area (Å²) in [6, 6.07) is 3.03. The lowest BCUT2D eigenvalue weighted by Gasteiger charge is -2.49. The lowest BCUT2D eigenvalue weighted by atomic mass is 10.0. The number of thiazole rings is 2. The summed E-state index contributed by atoms with van der Waals surface area (Å²) < 4.78 is 2.06. The van der Waals surface area contributed by atoms with Gasteiger partial charge in [0.25, 0.3) is 17.7 Å². The van der Waals surface area contributed by atoms with Crippen LogP contribution in [0.2, 0.25) is 0 Å². The molecule has 2 aliphatic heterocycles. The van der Waals surface area contributed by atoms with E-state index in [-0.39, 0.29) is 38.8 Å². The molecule has 1 fully saturated rings. The average Bonchev–Trinajstić information content (AvgIpc) is 3.82. The Labute approximate surface area is 279 Å². The fourth-order valence-electron chi connectivity index (χ4n) is 5.56. The number of hydrogen-bond donors (Lipinski definition) is 4. The summed E-state index contributed by atoms with van der Waals surface area (Å²) in [6.45, 7) is 0.356. The van der Waals surface area contributed by atoms with Gasteiger partial charge in [-0.05, 0) is 18.9 Å². The van der Waals surface area contributed by atoms with Gasteiger partial charge >= 0.3 is 5.97 Å². The highest BCUT2D eigenvalue weighted by molar-refractivity contribution is 8.00. The summed E-state index contributed by atoms with van der Waals surface area (Å²) in [5, 5.41) is 25.6. The summed E-state index contributed by atoms with van der Waals surface area (Å²) in [6.07, 6.45) is 4.89. The van der Waals surface area contributed by atoms with Gasteiger partial charge in [0.15, 0.2) is 40.1 Å². The number of nitrogens with two attached hydrogens (primary N) is 1. The van der Waals surface area contributed by atoms with Crippen molar-refractivity contribution in [3.63, 3.8) is 0 Å². The van der Waals surface area contributed by atoms with Crippen LogP contribution in [-0.2, 0) is 48.2 Å². The maximum Gasteiger partial charge on any atom is 0.352 e. The quantitative estimate of drug-likeness (QED) is 0.0948. The van der Waals surface area contributed by atoms with Crippen molar-refractivity contribution in [2.24, 2.45) is 10.3 Å². The van der Waals surface area contributed by atoms with Crippen LogP contribution in [0, 0.1) is 0 Å². The Morgan fingerprint density at radius 3 is 2.53 bits per heavy atom. The molecule has 16 nitrogen and oxygen atoms in total. The molecule has 0 aromatic carbocycles. The predicted molar refractivity (Wildman–Crippen MR) is 173 cm³/mol. The molecule has 5 heterocycles. The van der Waals surface area contributed by atoms with Gasteiger partial charge in [-0.3, -0.25) is 24.6 Å². The molecule has 47 heavy (non-hydrogen) atoms. The third-order valence-corrected chi connectivity index (χ3v) is 10.3. The van der Waals surface area contributed by atoms with Gasteiger partial charge in [-0.15, -0.1) is 34.4 Å². The van der Waals surface area contributed by atoms with E-state index in [4.69, 9.17) is 15.4 Å². The molecule has 2 atom stereocenters. The fraction of sp³-hybridized carbons (Fsp3) is 0.321. The number of carboxylic acids is 1. The van der Waals surface area contributed by atoms with Gasteiger partial charge in [0.1, 0.15) is 42.7 Å². The highest BCUT2D eigenvalue weighted by atomic mass is 32.2. The molecule has 3 aliphatic rings. The maximum absolute atomic E-state index is 13.4. The molecular formula is C28H28N9O7S3+. The first-order valence-corrected chi connectivity index (χ1v) is 16.9. The summed E-state index contributed by atoms with van der Waals surface area (Å²) in [7, 11) is 2.52. The largest absolute Gasteiger partial charge is 0.477 e. The molecule has 0 radical (unpaired) electrons.